The van der Waals surface area contributed by atoms with Crippen molar-refractivity contribution in [3.8, 4) is 34.3 Å². The Morgan fingerprint density at radius 2 is 1.87 bits per heavy atom. The highest BCUT2D eigenvalue weighted by molar-refractivity contribution is 6.35. The van der Waals surface area contributed by atoms with Crippen LogP contribution in [0.4, 0.5) is 22.0 Å². The summed E-state index contributed by atoms with van der Waals surface area (Å²) in [6.45, 7) is -2.36. The monoisotopic (exact) mass is 771 g/mol. The van der Waals surface area contributed by atoms with Gasteiger partial charge >= 0.3 is 12.8 Å². The van der Waals surface area contributed by atoms with Crippen molar-refractivity contribution in [2.75, 3.05) is 13.2 Å². The number of benzene rings is 3. The molecule has 8 rings (SSSR count). The molecule has 1 saturated carbocycles. The van der Waals surface area contributed by atoms with E-state index in [4.69, 9.17) is 26.8 Å². The fraction of sp³-hybridized carbons (Fsp3) is 0.278. The van der Waals surface area contributed by atoms with E-state index in [1.807, 2.05) is 0 Å². The van der Waals surface area contributed by atoms with Crippen molar-refractivity contribution >= 4 is 34.3 Å². The zero-order valence-corrected chi connectivity index (χ0v) is 28.6. The summed E-state index contributed by atoms with van der Waals surface area (Å²) in [7, 11) is 0. The van der Waals surface area contributed by atoms with Gasteiger partial charge in [0.25, 0.3) is 5.91 Å². The molecule has 0 spiro atoms. The first-order chi connectivity index (χ1) is 25.6. The standard InChI is InChI=1S/C36H27ClF5N5O7/c1-34(32(43)49)15-51-29-22(34)12-25(45-28(29)21-8-9-23-30(26(21)37)54-36(41,42)53-23)35(50,18-2-4-19(38)5-3-18)14-44-31(48)16-10-17-13-47(33(39)40)46-27(17)24(11-16)52-20-6-7-20/h2-5,8-13,20,33,50H,6-7,14-15H2,1H3,(H2,43,49)(H,44,48)/t34-,35+/m0/s1. The molecule has 18 heteroatoms. The molecule has 4 heterocycles. The van der Waals surface area contributed by atoms with Gasteiger partial charge in [-0.25, -0.2) is 14.1 Å². The Morgan fingerprint density at radius 3 is 2.56 bits per heavy atom. The summed E-state index contributed by atoms with van der Waals surface area (Å²) in [5.41, 5.74) is 1.95. The number of amides is 2. The predicted molar refractivity (Wildman–Crippen MR) is 179 cm³/mol. The number of alkyl halides is 4. The summed E-state index contributed by atoms with van der Waals surface area (Å²) in [5, 5.41) is 19.0. The predicted octanol–water partition coefficient (Wildman–Crippen LogP) is 5.95. The number of hydrogen-bond donors (Lipinski definition) is 3. The van der Waals surface area contributed by atoms with Gasteiger partial charge < -0.3 is 35.1 Å². The molecular formula is C36H27ClF5N5O7. The molecule has 4 N–H and O–H groups in total. The molecule has 280 valence electrons. The minimum absolute atomic E-state index is 0.00101. The summed E-state index contributed by atoms with van der Waals surface area (Å²) in [5.74, 6) is -2.98. The lowest BCUT2D eigenvalue weighted by Crippen LogP contribution is -2.43. The number of primary amides is 1. The van der Waals surface area contributed by atoms with Gasteiger partial charge in [0.2, 0.25) is 5.91 Å². The first kappa shape index (κ1) is 35.4. The van der Waals surface area contributed by atoms with Crippen molar-refractivity contribution in [2.45, 2.75) is 49.7 Å². The van der Waals surface area contributed by atoms with Crippen molar-refractivity contribution in [1.29, 1.82) is 0 Å². The van der Waals surface area contributed by atoms with Crippen molar-refractivity contribution in [1.82, 2.24) is 20.1 Å². The van der Waals surface area contributed by atoms with Gasteiger partial charge in [0.05, 0.1) is 23.4 Å². The number of pyridine rings is 1. The summed E-state index contributed by atoms with van der Waals surface area (Å²) >= 11 is 6.59. The topological polar surface area (TPSA) is 160 Å². The lowest BCUT2D eigenvalue weighted by Gasteiger charge is -2.30. The van der Waals surface area contributed by atoms with E-state index in [0.717, 1.165) is 37.2 Å². The molecule has 2 atom stereocenters. The lowest BCUT2D eigenvalue weighted by atomic mass is 9.80. The van der Waals surface area contributed by atoms with Gasteiger partial charge in [-0.05, 0) is 67.8 Å². The van der Waals surface area contributed by atoms with E-state index in [2.05, 4.69) is 24.9 Å². The molecule has 2 aromatic heterocycles. The van der Waals surface area contributed by atoms with E-state index >= 15 is 0 Å². The van der Waals surface area contributed by atoms with E-state index in [1.54, 1.807) is 0 Å². The van der Waals surface area contributed by atoms with Gasteiger partial charge in [-0.2, -0.15) is 13.9 Å². The highest BCUT2D eigenvalue weighted by Crippen LogP contribution is 2.53. The number of fused-ring (bicyclic) bond motifs is 3. The molecule has 2 amide bonds. The van der Waals surface area contributed by atoms with Crippen LogP contribution in [0, 0.1) is 5.82 Å². The van der Waals surface area contributed by atoms with Crippen molar-refractivity contribution in [3.63, 3.8) is 0 Å². The van der Waals surface area contributed by atoms with E-state index < -0.39 is 53.8 Å². The van der Waals surface area contributed by atoms with Crippen LogP contribution in [-0.4, -0.2) is 57.2 Å². The molecule has 12 nitrogen and oxygen atoms in total. The molecule has 0 bridgehead atoms. The third kappa shape index (κ3) is 5.96. The number of carbonyl (C=O) groups excluding carboxylic acids is 2. The highest BCUT2D eigenvalue weighted by Gasteiger charge is 2.48. The number of hydrogen-bond acceptors (Lipinski definition) is 9. The van der Waals surface area contributed by atoms with Crippen LogP contribution in [0.2, 0.25) is 5.02 Å². The van der Waals surface area contributed by atoms with E-state index in [9.17, 15) is 36.6 Å². The molecule has 0 radical (unpaired) electrons. The maximum absolute atomic E-state index is 14.2. The zero-order chi connectivity index (χ0) is 38.3. The molecule has 0 unspecified atom stereocenters. The number of nitrogens with two attached hydrogens (primary N) is 1. The number of aliphatic hydroxyl groups is 1. The molecular weight excluding hydrogens is 745 g/mol. The number of halogens is 6. The Balaban J connectivity index is 1.24. The molecule has 0 saturated heterocycles. The number of aromatic nitrogens is 3. The number of carbonyl (C=O) groups is 2. The SMILES string of the molecule is C[C@]1(C(N)=O)COc2c1cc([C@@](O)(CNC(=O)c1cc(OC3CC3)c3nn(C(F)F)cc3c1)c1ccc(F)cc1)nc2-c1ccc2c(c1Cl)OC(F)(F)O2. The van der Waals surface area contributed by atoms with Crippen molar-refractivity contribution in [2.24, 2.45) is 5.73 Å². The average molecular weight is 772 g/mol. The Bertz CT molecular complexity index is 2370. The zero-order valence-electron chi connectivity index (χ0n) is 27.8. The molecule has 2 aliphatic heterocycles. The lowest BCUT2D eigenvalue weighted by molar-refractivity contribution is -0.286. The van der Waals surface area contributed by atoms with Crippen LogP contribution in [0.15, 0.2) is 60.8 Å². The molecule has 3 aliphatic rings. The van der Waals surface area contributed by atoms with Gasteiger partial charge in [-0.15, -0.1) is 8.78 Å². The number of nitrogens with one attached hydrogen (secondary N) is 1. The van der Waals surface area contributed by atoms with Gasteiger partial charge in [0.15, 0.2) is 11.5 Å². The average Bonchev–Trinajstić information content (AvgIpc) is 3.56. The summed E-state index contributed by atoms with van der Waals surface area (Å²) < 4.78 is 90.7. The summed E-state index contributed by atoms with van der Waals surface area (Å²) in [6, 6.07) is 11.1. The van der Waals surface area contributed by atoms with Crippen LogP contribution < -0.4 is 30.0 Å². The van der Waals surface area contributed by atoms with E-state index in [1.165, 1.54) is 43.3 Å². The van der Waals surface area contributed by atoms with Gasteiger partial charge in [0, 0.05) is 28.3 Å². The minimum Gasteiger partial charge on any atom is -0.489 e. The maximum Gasteiger partial charge on any atom is 0.586 e. The molecule has 1 aliphatic carbocycles. The number of rotatable bonds is 10. The minimum atomic E-state index is -4.01. The Labute approximate surface area is 306 Å². The van der Waals surface area contributed by atoms with Crippen molar-refractivity contribution < 1.29 is 55.6 Å². The molecule has 1 fully saturated rings. The first-order valence-electron chi connectivity index (χ1n) is 16.4. The summed E-state index contributed by atoms with van der Waals surface area (Å²) in [4.78, 5) is 31.3. The van der Waals surface area contributed by atoms with Crippen LogP contribution in [0.25, 0.3) is 22.2 Å². The van der Waals surface area contributed by atoms with Crippen LogP contribution >= 0.6 is 11.6 Å². The second-order valence-corrected chi connectivity index (χ2v) is 13.7. The van der Waals surface area contributed by atoms with Crippen LogP contribution in [-0.2, 0) is 15.8 Å². The molecule has 5 aromatic rings. The number of ether oxygens (including phenoxy) is 4. The Kier molecular flexibility index (Phi) is 8.15. The third-order valence-electron chi connectivity index (χ3n) is 9.50. The van der Waals surface area contributed by atoms with Gasteiger partial charge in [-0.3, -0.25) is 9.59 Å². The Hall–Kier alpha value is -5.68. The smallest absolute Gasteiger partial charge is 0.489 e. The van der Waals surface area contributed by atoms with Crippen molar-refractivity contribution in [3.05, 3.63) is 94.0 Å². The van der Waals surface area contributed by atoms with Gasteiger partial charge in [0.1, 0.15) is 46.1 Å². The van der Waals surface area contributed by atoms with Crippen LogP contribution in [0.5, 0.6) is 23.0 Å². The van der Waals surface area contributed by atoms with Crippen LogP contribution in [0.1, 0.15) is 53.5 Å². The molecule has 54 heavy (non-hydrogen) atoms. The fourth-order valence-electron chi connectivity index (χ4n) is 6.33. The number of nitrogens with zero attached hydrogens (tertiary/aromatic N) is 3. The second kappa shape index (κ2) is 12.4. The maximum atomic E-state index is 14.2. The first-order valence-corrected chi connectivity index (χ1v) is 16.8. The highest BCUT2D eigenvalue weighted by atomic mass is 35.5. The largest absolute Gasteiger partial charge is 0.586 e. The Morgan fingerprint density at radius 1 is 1.13 bits per heavy atom. The normalized spacial score (nSPS) is 19.4. The fourth-order valence-corrected chi connectivity index (χ4v) is 6.61. The quantitative estimate of drug-likeness (QED) is 0.146. The van der Waals surface area contributed by atoms with Crippen LogP contribution in [0.3, 0.4) is 0 Å². The van der Waals surface area contributed by atoms with E-state index in [0.29, 0.717) is 4.68 Å². The second-order valence-electron chi connectivity index (χ2n) is 13.3. The molecule has 3 aromatic carbocycles. The van der Waals surface area contributed by atoms with Gasteiger partial charge in [-0.1, -0.05) is 23.7 Å². The van der Waals surface area contributed by atoms with E-state index in [-0.39, 0.29) is 79.5 Å². The summed E-state index contributed by atoms with van der Waals surface area (Å²) in [6.07, 6.45) is -1.64. The third-order valence-corrected chi connectivity index (χ3v) is 9.88.